The minimum absolute atomic E-state index is 0.0751. The smallest absolute Gasteiger partial charge is 0.341 e. The summed E-state index contributed by atoms with van der Waals surface area (Å²) in [6.07, 6.45) is 16.1. The highest BCUT2D eigenvalue weighted by atomic mass is 16.5. The van der Waals surface area contributed by atoms with Gasteiger partial charge in [-0.3, -0.25) is 0 Å². The normalized spacial score (nSPS) is 27.3. The molecule has 10 atom stereocenters. The summed E-state index contributed by atoms with van der Waals surface area (Å²) in [6.45, 7) is 4.09. The maximum absolute atomic E-state index is 10.8. The van der Waals surface area contributed by atoms with Gasteiger partial charge >= 0.3 is 5.97 Å². The van der Waals surface area contributed by atoms with Crippen molar-refractivity contribution in [3.05, 3.63) is 58.7 Å². The van der Waals surface area contributed by atoms with Crippen LogP contribution in [0.4, 0.5) is 0 Å². The highest BCUT2D eigenvalue weighted by molar-refractivity contribution is 5.68. The molecule has 55 heavy (non-hydrogen) atoms. The summed E-state index contributed by atoms with van der Waals surface area (Å²) in [5.74, 6) is 2.84. The predicted octanol–water partition coefficient (Wildman–Crippen LogP) is 7.61. The molecule has 0 spiro atoms. The van der Waals surface area contributed by atoms with Crippen molar-refractivity contribution in [1.82, 2.24) is 0 Å². The van der Waals surface area contributed by atoms with Crippen LogP contribution in [0.1, 0.15) is 126 Å². The van der Waals surface area contributed by atoms with Crippen molar-refractivity contribution in [1.29, 1.82) is 5.26 Å². The number of nitrogens with zero attached hydrogens (tertiary/aromatic N) is 1. The van der Waals surface area contributed by atoms with Crippen LogP contribution in [0, 0.1) is 46.8 Å². The van der Waals surface area contributed by atoms with Gasteiger partial charge < -0.3 is 35.0 Å². The first-order valence-electron chi connectivity index (χ1n) is 21.4. The van der Waals surface area contributed by atoms with Crippen LogP contribution in [0.25, 0.3) is 0 Å². The lowest BCUT2D eigenvalue weighted by molar-refractivity contribution is -0.139. The van der Waals surface area contributed by atoms with E-state index in [1.165, 1.54) is 29.5 Å². The fourth-order valence-corrected chi connectivity index (χ4v) is 10.4. The molecule has 6 rings (SSSR count). The van der Waals surface area contributed by atoms with E-state index in [0.29, 0.717) is 29.4 Å². The van der Waals surface area contributed by atoms with Crippen LogP contribution in [0.15, 0.2) is 36.4 Å². The van der Waals surface area contributed by atoms with Gasteiger partial charge in [0.2, 0.25) is 0 Å². The third-order valence-corrected chi connectivity index (χ3v) is 13.3. The maximum Gasteiger partial charge on any atom is 0.341 e. The number of hydrogen-bond donors (Lipinski definition) is 5. The Bertz CT molecular complexity index is 1540. The highest BCUT2D eigenvalue weighted by Gasteiger charge is 2.46. The zero-order valence-electron chi connectivity index (χ0n) is 33.3. The minimum atomic E-state index is -0.972. The minimum Gasteiger partial charge on any atom is -0.482 e. The Morgan fingerprint density at radius 1 is 0.727 bits per heavy atom. The van der Waals surface area contributed by atoms with Crippen LogP contribution >= 0.6 is 0 Å². The number of unbranched alkanes of at least 4 members (excludes halogenated alkanes) is 4. The molecule has 4 unspecified atom stereocenters. The molecule has 0 radical (unpaired) electrons. The molecule has 2 aromatic rings. The van der Waals surface area contributed by atoms with Crippen molar-refractivity contribution >= 4 is 5.97 Å². The van der Waals surface area contributed by atoms with Gasteiger partial charge in [-0.15, -0.1) is 0 Å². The summed E-state index contributed by atoms with van der Waals surface area (Å²) < 4.78 is 11.1. The molecule has 0 heterocycles. The SMILES string of the molecule is CCCCC[C@@H](O)CCC1[C@H]2Cc3cccc(OCC#N)c3CC2C[C@H]1O.CCCCC[C@@H](O)CCC1[C@H]2Cc3cccc(OCC(=O)O)c3CC2C[C@H]1O. The summed E-state index contributed by atoms with van der Waals surface area (Å²) in [6, 6.07) is 14.0. The number of aliphatic carboxylic acids is 1. The van der Waals surface area contributed by atoms with Crippen LogP contribution in [0.3, 0.4) is 0 Å². The van der Waals surface area contributed by atoms with Gasteiger partial charge in [-0.1, -0.05) is 76.6 Å². The van der Waals surface area contributed by atoms with Gasteiger partial charge in [-0.25, -0.2) is 4.79 Å². The number of carboxylic acids is 1. The molecule has 2 aromatic carbocycles. The number of rotatable bonds is 19. The molecule has 0 aliphatic heterocycles. The zero-order chi connectivity index (χ0) is 39.3. The largest absolute Gasteiger partial charge is 0.482 e. The molecule has 9 heteroatoms. The van der Waals surface area contributed by atoms with Crippen molar-refractivity contribution in [3.8, 4) is 17.6 Å². The first-order valence-corrected chi connectivity index (χ1v) is 21.4. The van der Waals surface area contributed by atoms with E-state index in [1.54, 1.807) is 0 Å². The van der Waals surface area contributed by atoms with E-state index in [9.17, 15) is 25.2 Å². The van der Waals surface area contributed by atoms with Gasteiger partial charge in [0, 0.05) is 0 Å². The predicted molar refractivity (Wildman–Crippen MR) is 213 cm³/mol. The van der Waals surface area contributed by atoms with Crippen LogP contribution in [-0.4, -0.2) is 69.1 Å². The number of nitriles is 1. The summed E-state index contributed by atoms with van der Waals surface area (Å²) in [7, 11) is 0. The average Bonchev–Trinajstić information content (AvgIpc) is 3.65. The Morgan fingerprint density at radius 2 is 1.20 bits per heavy atom. The number of carbonyl (C=O) groups is 1. The zero-order valence-corrected chi connectivity index (χ0v) is 33.3. The molecule has 304 valence electrons. The Hall–Kier alpha value is -3.16. The number of hydrogen-bond acceptors (Lipinski definition) is 8. The fraction of sp³-hybridized carbons (Fsp3) is 0.696. The number of aliphatic hydroxyl groups is 4. The number of aliphatic hydroxyl groups excluding tert-OH is 4. The quantitative estimate of drug-likeness (QED) is 0.0909. The van der Waals surface area contributed by atoms with Crippen LogP contribution in [0.5, 0.6) is 11.5 Å². The van der Waals surface area contributed by atoms with Crippen LogP contribution in [0.2, 0.25) is 0 Å². The lowest BCUT2D eigenvalue weighted by Crippen LogP contribution is -2.28. The molecule has 0 aromatic heterocycles. The first kappa shape index (κ1) is 43.0. The summed E-state index contributed by atoms with van der Waals surface area (Å²) in [5.41, 5.74) is 4.85. The fourth-order valence-electron chi connectivity index (χ4n) is 10.4. The molecular weight excluding hydrogens is 695 g/mol. The lowest BCUT2D eigenvalue weighted by atomic mass is 9.73. The molecule has 9 nitrogen and oxygen atoms in total. The molecule has 5 N–H and O–H groups in total. The second kappa shape index (κ2) is 21.4. The van der Waals surface area contributed by atoms with Gasteiger partial charge in [0.05, 0.1) is 24.4 Å². The Balaban J connectivity index is 0.000000211. The van der Waals surface area contributed by atoms with Crippen molar-refractivity contribution in [2.45, 2.75) is 154 Å². The summed E-state index contributed by atoms with van der Waals surface area (Å²) in [5, 5.41) is 59.6. The second-order valence-electron chi connectivity index (χ2n) is 17.0. The first-order chi connectivity index (χ1) is 26.6. The average molecular weight is 762 g/mol. The van der Waals surface area contributed by atoms with Gasteiger partial charge in [0.1, 0.15) is 17.6 Å². The van der Waals surface area contributed by atoms with E-state index in [4.69, 9.17) is 19.8 Å². The molecule has 2 fully saturated rings. The van der Waals surface area contributed by atoms with E-state index >= 15 is 0 Å². The van der Waals surface area contributed by atoms with Gasteiger partial charge in [0.15, 0.2) is 13.2 Å². The Labute approximate surface area is 329 Å². The highest BCUT2D eigenvalue weighted by Crippen LogP contribution is 2.50. The van der Waals surface area contributed by atoms with Gasteiger partial charge in [0.25, 0.3) is 0 Å². The monoisotopic (exact) mass is 761 g/mol. The Morgan fingerprint density at radius 3 is 1.64 bits per heavy atom. The molecule has 2 saturated carbocycles. The molecule has 0 bridgehead atoms. The molecule has 0 amide bonds. The molecule has 0 saturated heterocycles. The standard InChI is InChI=1S/C23H33NO3.C23H34O5/c1-2-3-4-7-18(25)9-10-19-20-13-16-6-5-8-23(27-12-11-24)21(16)14-17(20)15-22(19)26;1-2-3-4-7-17(24)9-10-18-19-11-15-6-5-8-22(28-14-23(26)27)20(15)12-16(19)13-21(18)25/h5-6,8,17-20,22,25-26H,2-4,7,9-10,12-15H2,1H3;5-6,8,16-19,21,24-25H,2-4,7,9-14H2,1H3,(H,26,27)/t17?,18-,19?,20+,22-;16?,17-,18?,19+,21-/m11/s1. The van der Waals surface area contributed by atoms with Crippen LogP contribution in [-0.2, 0) is 30.5 Å². The van der Waals surface area contributed by atoms with Crippen molar-refractivity contribution in [3.63, 3.8) is 0 Å². The summed E-state index contributed by atoms with van der Waals surface area (Å²) >= 11 is 0. The molecule has 4 aliphatic carbocycles. The van der Waals surface area contributed by atoms with E-state index < -0.39 is 5.97 Å². The van der Waals surface area contributed by atoms with Crippen LogP contribution < -0.4 is 9.47 Å². The van der Waals surface area contributed by atoms with Gasteiger partial charge in [-0.05, 0) is 147 Å². The van der Waals surface area contributed by atoms with Crippen molar-refractivity contribution in [2.24, 2.45) is 35.5 Å². The number of benzene rings is 2. The van der Waals surface area contributed by atoms with Crippen molar-refractivity contribution < 1.29 is 39.8 Å². The third-order valence-electron chi connectivity index (χ3n) is 13.3. The van der Waals surface area contributed by atoms with Crippen molar-refractivity contribution in [2.75, 3.05) is 13.2 Å². The third kappa shape index (κ3) is 11.7. The Kier molecular flexibility index (Phi) is 16.7. The lowest BCUT2D eigenvalue weighted by Gasteiger charge is -2.32. The van der Waals surface area contributed by atoms with E-state index in [2.05, 4.69) is 26.0 Å². The second-order valence-corrected chi connectivity index (χ2v) is 17.0. The summed E-state index contributed by atoms with van der Waals surface area (Å²) in [4.78, 5) is 10.8. The number of ether oxygens (including phenoxy) is 2. The molecule has 4 aliphatic rings. The number of carboxylic acid groups (broad SMARTS) is 1. The topological polar surface area (TPSA) is 160 Å². The maximum atomic E-state index is 10.8. The number of fused-ring (bicyclic) bond motifs is 4. The van der Waals surface area contributed by atoms with E-state index in [0.717, 1.165) is 114 Å². The van der Waals surface area contributed by atoms with E-state index in [-0.39, 0.29) is 49.5 Å². The van der Waals surface area contributed by atoms with Gasteiger partial charge in [-0.2, -0.15) is 5.26 Å². The molecular formula is C46H67NO8. The van der Waals surface area contributed by atoms with E-state index in [1.807, 2.05) is 30.3 Å².